The van der Waals surface area contributed by atoms with Crippen molar-refractivity contribution in [1.29, 1.82) is 0 Å². The Morgan fingerprint density at radius 3 is 2.33 bits per heavy atom. The maximum atomic E-state index is 10.3. The summed E-state index contributed by atoms with van der Waals surface area (Å²) in [5, 5.41) is 8.44. The van der Waals surface area contributed by atoms with Gasteiger partial charge in [-0.3, -0.25) is 4.79 Å². The van der Waals surface area contributed by atoms with Gasteiger partial charge in [0.1, 0.15) is 0 Å². The Morgan fingerprint density at radius 2 is 2.22 bits per heavy atom. The lowest BCUT2D eigenvalue weighted by atomic mass is 10.2. The predicted octanol–water partition coefficient (Wildman–Crippen LogP) is 1.79. The third-order valence-corrected chi connectivity index (χ3v) is 3.78. The normalized spacial score (nSPS) is 16.8. The number of alkyl halides is 1. The fourth-order valence-corrected chi connectivity index (χ4v) is 1.07. The Labute approximate surface area is 67.1 Å². The lowest BCUT2D eigenvalue weighted by molar-refractivity contribution is -0.140. The number of carboxylic acids is 1. The fraction of sp³-hybridized carbons (Fsp3) is 0.800. The van der Waals surface area contributed by atoms with Gasteiger partial charge in [0, 0.05) is 0 Å². The van der Waals surface area contributed by atoms with Crippen LogP contribution in [0.3, 0.4) is 0 Å². The molecule has 0 bridgehead atoms. The summed E-state index contributed by atoms with van der Waals surface area (Å²) in [6, 6.07) is 0. The molecule has 0 heterocycles. The second-order valence-corrected chi connectivity index (χ2v) is 4.29. The van der Waals surface area contributed by atoms with Crippen LogP contribution in [0, 0.1) is 5.92 Å². The second-order valence-electron chi connectivity index (χ2n) is 1.71. The second kappa shape index (κ2) is 4.17. The van der Waals surface area contributed by atoms with Crippen LogP contribution in [0.25, 0.3) is 0 Å². The van der Waals surface area contributed by atoms with Gasteiger partial charge in [-0.1, -0.05) is 22.9 Å². The summed E-state index contributed by atoms with van der Waals surface area (Å²) in [5.74, 6) is -1.08. The van der Waals surface area contributed by atoms with Crippen molar-refractivity contribution >= 4 is 33.7 Å². The van der Waals surface area contributed by atoms with Gasteiger partial charge in [0.15, 0.2) is 0 Å². The number of rotatable bonds is 3. The van der Waals surface area contributed by atoms with E-state index in [9.17, 15) is 4.79 Å². The van der Waals surface area contributed by atoms with E-state index in [0.717, 1.165) is 0 Å². The average Bonchev–Trinajstić information content (AvgIpc) is 1.84. The van der Waals surface area contributed by atoms with Crippen LogP contribution < -0.4 is 0 Å². The van der Waals surface area contributed by atoms with E-state index < -0.39 is 5.97 Å². The fourth-order valence-electron chi connectivity index (χ4n) is 0.316. The van der Waals surface area contributed by atoms with Gasteiger partial charge < -0.3 is 5.11 Å². The number of thioether (sulfide) groups is 1. The molecule has 9 heavy (non-hydrogen) atoms. The van der Waals surface area contributed by atoms with E-state index in [2.05, 4.69) is 15.9 Å². The van der Waals surface area contributed by atoms with Crippen LogP contribution in [-0.2, 0) is 4.79 Å². The molecule has 4 heteroatoms. The molecule has 0 rings (SSSR count). The van der Waals surface area contributed by atoms with Crippen molar-refractivity contribution in [2.75, 3.05) is 6.26 Å². The topological polar surface area (TPSA) is 37.3 Å². The van der Waals surface area contributed by atoms with Gasteiger partial charge in [0.05, 0.1) is 10.1 Å². The van der Waals surface area contributed by atoms with Gasteiger partial charge in [-0.15, -0.1) is 11.8 Å². The van der Waals surface area contributed by atoms with Crippen molar-refractivity contribution in [3.8, 4) is 0 Å². The molecule has 0 aromatic carbocycles. The number of halogens is 1. The Bertz CT molecular complexity index is 107. The lowest BCUT2D eigenvalue weighted by Gasteiger charge is -2.09. The molecule has 0 aliphatic heterocycles. The zero-order valence-corrected chi connectivity index (χ0v) is 7.70. The summed E-state index contributed by atoms with van der Waals surface area (Å²) in [7, 11) is 0. The monoisotopic (exact) mass is 212 g/mol. The van der Waals surface area contributed by atoms with Crippen LogP contribution in [0.5, 0.6) is 0 Å². The first-order valence-corrected chi connectivity index (χ1v) is 4.69. The third kappa shape index (κ3) is 3.11. The molecule has 0 saturated heterocycles. The lowest BCUT2D eigenvalue weighted by Crippen LogP contribution is -2.17. The number of carboxylic acid groups (broad SMARTS) is 1. The van der Waals surface area contributed by atoms with Crippen LogP contribution >= 0.6 is 27.7 Å². The molecule has 1 unspecified atom stereocenters. The van der Waals surface area contributed by atoms with Crippen molar-refractivity contribution in [3.05, 3.63) is 0 Å². The molecule has 0 aliphatic rings. The highest BCUT2D eigenvalue weighted by Gasteiger charge is 2.18. The van der Waals surface area contributed by atoms with Gasteiger partial charge in [0.25, 0.3) is 0 Å². The molecular weight excluding hydrogens is 204 g/mol. The van der Waals surface area contributed by atoms with Gasteiger partial charge in [-0.05, 0) is 6.26 Å². The van der Waals surface area contributed by atoms with E-state index in [1.807, 2.05) is 6.26 Å². The zero-order chi connectivity index (χ0) is 7.44. The van der Waals surface area contributed by atoms with Gasteiger partial charge in [-0.2, -0.15) is 0 Å². The van der Waals surface area contributed by atoms with Crippen LogP contribution in [0.4, 0.5) is 0 Å². The summed E-state index contributed by atoms with van der Waals surface area (Å²) in [6.45, 7) is 1.68. The highest BCUT2D eigenvalue weighted by Crippen LogP contribution is 2.22. The van der Waals surface area contributed by atoms with Gasteiger partial charge in [0.2, 0.25) is 0 Å². The van der Waals surface area contributed by atoms with Crippen molar-refractivity contribution in [1.82, 2.24) is 0 Å². The maximum absolute atomic E-state index is 10.3. The first-order chi connectivity index (χ1) is 4.09. The molecule has 0 saturated carbocycles. The molecule has 54 valence electrons. The van der Waals surface area contributed by atoms with Crippen molar-refractivity contribution < 1.29 is 9.90 Å². The summed E-state index contributed by atoms with van der Waals surface area (Å²) in [6.07, 6.45) is 1.87. The Balaban J connectivity index is 3.72. The summed E-state index contributed by atoms with van der Waals surface area (Å²) < 4.78 is 0.0231. The molecule has 0 amide bonds. The molecule has 0 aliphatic carbocycles. The van der Waals surface area contributed by atoms with E-state index in [1.165, 1.54) is 11.8 Å². The zero-order valence-electron chi connectivity index (χ0n) is 5.30. The van der Waals surface area contributed by atoms with E-state index in [1.54, 1.807) is 6.92 Å². The molecule has 0 aromatic rings. The Hall–Kier alpha value is 0.300. The van der Waals surface area contributed by atoms with E-state index in [0.29, 0.717) is 0 Å². The average molecular weight is 213 g/mol. The minimum Gasteiger partial charge on any atom is -0.481 e. The first-order valence-electron chi connectivity index (χ1n) is 2.49. The molecule has 1 N–H and O–H groups in total. The molecule has 2 nitrogen and oxygen atoms in total. The standard InChI is InChI=1S/C5H9BrO2S/c1-3(5(7)8)4(6)9-2/h3-4H,1-2H3,(H,7,8)/t3?,4-/m0/s1. The SMILES string of the molecule is CS[C@H](Br)C(C)C(=O)O. The van der Waals surface area contributed by atoms with E-state index in [4.69, 9.17) is 5.11 Å². The number of hydrogen-bond donors (Lipinski definition) is 1. The number of aliphatic carboxylic acids is 1. The van der Waals surface area contributed by atoms with E-state index >= 15 is 0 Å². The number of hydrogen-bond acceptors (Lipinski definition) is 2. The minimum atomic E-state index is -0.758. The number of carbonyl (C=O) groups is 1. The predicted molar refractivity (Wildman–Crippen MR) is 43.0 cm³/mol. The molecular formula is C5H9BrO2S. The molecule has 0 spiro atoms. The molecule has 0 fully saturated rings. The minimum absolute atomic E-state index is 0.0231. The van der Waals surface area contributed by atoms with Crippen molar-refractivity contribution in [2.24, 2.45) is 5.92 Å². The van der Waals surface area contributed by atoms with Crippen molar-refractivity contribution in [3.63, 3.8) is 0 Å². The highest BCUT2D eigenvalue weighted by molar-refractivity contribution is 9.11. The summed E-state index contributed by atoms with van der Waals surface area (Å²) in [5.41, 5.74) is 0. The molecule has 2 atom stereocenters. The van der Waals surface area contributed by atoms with E-state index in [-0.39, 0.29) is 10.1 Å². The Kier molecular flexibility index (Phi) is 4.31. The Morgan fingerprint density at radius 1 is 1.78 bits per heavy atom. The van der Waals surface area contributed by atoms with Crippen molar-refractivity contribution in [2.45, 2.75) is 11.1 Å². The third-order valence-electron chi connectivity index (χ3n) is 1.01. The van der Waals surface area contributed by atoms with Gasteiger partial charge >= 0.3 is 5.97 Å². The van der Waals surface area contributed by atoms with Crippen LogP contribution in [-0.4, -0.2) is 21.5 Å². The van der Waals surface area contributed by atoms with Gasteiger partial charge in [-0.25, -0.2) is 0 Å². The van der Waals surface area contributed by atoms with Crippen LogP contribution in [0.1, 0.15) is 6.92 Å². The summed E-state index contributed by atoms with van der Waals surface area (Å²) in [4.78, 5) is 10.3. The first kappa shape index (κ1) is 9.30. The van der Waals surface area contributed by atoms with Crippen LogP contribution in [0.15, 0.2) is 0 Å². The van der Waals surface area contributed by atoms with Crippen LogP contribution in [0.2, 0.25) is 0 Å². The highest BCUT2D eigenvalue weighted by atomic mass is 79.9. The summed E-state index contributed by atoms with van der Waals surface area (Å²) >= 11 is 4.72. The largest absolute Gasteiger partial charge is 0.481 e. The maximum Gasteiger partial charge on any atom is 0.308 e. The molecule has 0 radical (unpaired) electrons. The quantitative estimate of drug-likeness (QED) is 0.726. The molecule has 0 aromatic heterocycles. The smallest absolute Gasteiger partial charge is 0.308 e.